The van der Waals surface area contributed by atoms with Crippen LogP contribution in [0, 0.1) is 0 Å². The van der Waals surface area contributed by atoms with Crippen LogP contribution in [0.2, 0.25) is 0 Å². The van der Waals surface area contributed by atoms with Gasteiger partial charge in [0.25, 0.3) is 0 Å². The molecule has 1 aromatic carbocycles. The van der Waals surface area contributed by atoms with Crippen molar-refractivity contribution in [2.45, 2.75) is 31.1 Å². The number of nitrogens with one attached hydrogen (secondary N) is 1. The quantitative estimate of drug-likeness (QED) is 0.728. The van der Waals surface area contributed by atoms with Crippen LogP contribution in [0.4, 0.5) is 0 Å². The van der Waals surface area contributed by atoms with Crippen molar-refractivity contribution in [2.75, 3.05) is 6.61 Å². The summed E-state index contributed by atoms with van der Waals surface area (Å²) in [6, 6.07) is 8.56. The molecular weight excluding hydrogens is 262 g/mol. The van der Waals surface area contributed by atoms with E-state index in [2.05, 4.69) is 5.32 Å². The van der Waals surface area contributed by atoms with Crippen LogP contribution < -0.4 is 5.32 Å². The summed E-state index contributed by atoms with van der Waals surface area (Å²) in [6.45, 7) is -0.231. The van der Waals surface area contributed by atoms with E-state index in [-0.39, 0.29) is 6.61 Å². The van der Waals surface area contributed by atoms with Crippen molar-refractivity contribution < 1.29 is 24.5 Å². The standard InChI is InChI=1S/C14H17NO5/c16-8-10(9-4-2-1-3-5-9)15-13(17)11-6-7-12(20-11)14(18)19/h1-5,10-12,16H,6-8H2,(H,15,17)(H,18,19)/t10-,11-,12+/m0/s1. The smallest absolute Gasteiger partial charge is 0.332 e. The highest BCUT2D eigenvalue weighted by Crippen LogP contribution is 2.21. The molecule has 108 valence electrons. The number of benzene rings is 1. The Labute approximate surface area is 116 Å². The van der Waals surface area contributed by atoms with Gasteiger partial charge in [-0.15, -0.1) is 0 Å². The van der Waals surface area contributed by atoms with Crippen LogP contribution in [0.3, 0.4) is 0 Å². The van der Waals surface area contributed by atoms with Crippen LogP contribution in [-0.2, 0) is 14.3 Å². The minimum atomic E-state index is -1.05. The second-order valence-electron chi connectivity index (χ2n) is 4.68. The van der Waals surface area contributed by atoms with Gasteiger partial charge < -0.3 is 20.3 Å². The topological polar surface area (TPSA) is 95.9 Å². The number of aliphatic hydroxyl groups excluding tert-OH is 1. The first-order chi connectivity index (χ1) is 9.61. The van der Waals surface area contributed by atoms with Crippen molar-refractivity contribution in [3.05, 3.63) is 35.9 Å². The number of aliphatic hydroxyl groups is 1. The third-order valence-electron chi connectivity index (χ3n) is 3.29. The fraction of sp³-hybridized carbons (Fsp3) is 0.429. The summed E-state index contributed by atoms with van der Waals surface area (Å²) < 4.78 is 5.17. The van der Waals surface area contributed by atoms with Gasteiger partial charge in [-0.3, -0.25) is 4.79 Å². The van der Waals surface area contributed by atoms with Crippen molar-refractivity contribution >= 4 is 11.9 Å². The van der Waals surface area contributed by atoms with E-state index >= 15 is 0 Å². The molecule has 0 radical (unpaired) electrons. The maximum Gasteiger partial charge on any atom is 0.332 e. The second-order valence-corrected chi connectivity index (χ2v) is 4.68. The Balaban J connectivity index is 1.95. The molecule has 1 fully saturated rings. The van der Waals surface area contributed by atoms with Gasteiger partial charge in [0.15, 0.2) is 6.10 Å². The van der Waals surface area contributed by atoms with Gasteiger partial charge in [-0.25, -0.2) is 4.79 Å². The molecule has 20 heavy (non-hydrogen) atoms. The number of carbonyl (C=O) groups excluding carboxylic acids is 1. The first-order valence-electron chi connectivity index (χ1n) is 6.46. The zero-order chi connectivity index (χ0) is 14.5. The van der Waals surface area contributed by atoms with Crippen LogP contribution in [0.15, 0.2) is 30.3 Å². The number of carboxylic acids is 1. The highest BCUT2D eigenvalue weighted by Gasteiger charge is 2.35. The summed E-state index contributed by atoms with van der Waals surface area (Å²) in [4.78, 5) is 22.8. The maximum absolute atomic E-state index is 12.0. The molecule has 6 heteroatoms. The molecule has 0 saturated carbocycles. The molecule has 1 heterocycles. The van der Waals surface area contributed by atoms with Gasteiger partial charge in [0.1, 0.15) is 6.10 Å². The van der Waals surface area contributed by atoms with Crippen LogP contribution >= 0.6 is 0 Å². The molecule has 1 saturated heterocycles. The first kappa shape index (κ1) is 14.5. The number of ether oxygens (including phenoxy) is 1. The number of carbonyl (C=O) groups is 2. The van der Waals surface area contributed by atoms with Crippen molar-refractivity contribution in [1.82, 2.24) is 5.32 Å². The minimum Gasteiger partial charge on any atom is -0.479 e. The summed E-state index contributed by atoms with van der Waals surface area (Å²) in [5, 5.41) is 20.9. The average Bonchev–Trinajstić information content (AvgIpc) is 2.95. The lowest BCUT2D eigenvalue weighted by Gasteiger charge is -2.19. The Kier molecular flexibility index (Phi) is 4.70. The van der Waals surface area contributed by atoms with Gasteiger partial charge in [0, 0.05) is 0 Å². The zero-order valence-electron chi connectivity index (χ0n) is 10.9. The van der Waals surface area contributed by atoms with Gasteiger partial charge in [0.2, 0.25) is 5.91 Å². The van der Waals surface area contributed by atoms with Gasteiger partial charge in [-0.05, 0) is 18.4 Å². The molecular formula is C14H17NO5. The number of amides is 1. The highest BCUT2D eigenvalue weighted by atomic mass is 16.5. The van der Waals surface area contributed by atoms with E-state index in [0.717, 1.165) is 5.56 Å². The van der Waals surface area contributed by atoms with Gasteiger partial charge in [-0.2, -0.15) is 0 Å². The van der Waals surface area contributed by atoms with Crippen LogP contribution in [0.25, 0.3) is 0 Å². The summed E-state index contributed by atoms with van der Waals surface area (Å²) in [5.74, 6) is -1.45. The van der Waals surface area contributed by atoms with Crippen molar-refractivity contribution in [3.63, 3.8) is 0 Å². The molecule has 2 rings (SSSR count). The third-order valence-corrected chi connectivity index (χ3v) is 3.29. The number of hydrogen-bond donors (Lipinski definition) is 3. The van der Waals surface area contributed by atoms with E-state index in [0.29, 0.717) is 12.8 Å². The lowest BCUT2D eigenvalue weighted by molar-refractivity contribution is -0.152. The van der Waals surface area contributed by atoms with Crippen LogP contribution in [-0.4, -0.2) is 40.9 Å². The molecule has 1 aromatic rings. The lowest BCUT2D eigenvalue weighted by atomic mass is 10.1. The first-order valence-corrected chi connectivity index (χ1v) is 6.46. The number of rotatable bonds is 5. The molecule has 0 bridgehead atoms. The SMILES string of the molecule is O=C(N[C@@H](CO)c1ccccc1)[C@@H]1CC[C@H](C(=O)O)O1. The molecule has 0 unspecified atom stereocenters. The van der Waals surface area contributed by atoms with E-state index in [1.807, 2.05) is 18.2 Å². The Morgan fingerprint density at radius 1 is 1.25 bits per heavy atom. The fourth-order valence-electron chi connectivity index (χ4n) is 2.20. The zero-order valence-corrected chi connectivity index (χ0v) is 10.9. The maximum atomic E-state index is 12.0. The molecule has 0 aliphatic carbocycles. The summed E-state index contributed by atoms with van der Waals surface area (Å²) in [6.07, 6.45) is -0.998. The Morgan fingerprint density at radius 2 is 1.90 bits per heavy atom. The molecule has 1 aliphatic rings. The molecule has 1 amide bonds. The predicted molar refractivity (Wildman–Crippen MR) is 69.9 cm³/mol. The molecule has 3 N–H and O–H groups in total. The number of carboxylic acid groups (broad SMARTS) is 1. The molecule has 0 aromatic heterocycles. The van der Waals surface area contributed by atoms with Crippen molar-refractivity contribution in [2.24, 2.45) is 0 Å². The predicted octanol–water partition coefficient (Wildman–Crippen LogP) is 0.468. The highest BCUT2D eigenvalue weighted by molar-refractivity contribution is 5.83. The van der Waals surface area contributed by atoms with E-state index in [9.17, 15) is 14.7 Å². The third kappa shape index (κ3) is 3.34. The van der Waals surface area contributed by atoms with E-state index < -0.39 is 30.1 Å². The monoisotopic (exact) mass is 279 g/mol. The molecule has 6 nitrogen and oxygen atoms in total. The summed E-state index contributed by atoms with van der Waals surface area (Å²) >= 11 is 0. The van der Waals surface area contributed by atoms with Crippen molar-refractivity contribution in [1.29, 1.82) is 0 Å². The number of aliphatic carboxylic acids is 1. The number of hydrogen-bond acceptors (Lipinski definition) is 4. The van der Waals surface area contributed by atoms with E-state index in [4.69, 9.17) is 9.84 Å². The van der Waals surface area contributed by atoms with Gasteiger partial charge >= 0.3 is 5.97 Å². The summed E-state index contributed by atoms with van der Waals surface area (Å²) in [7, 11) is 0. The molecule has 0 spiro atoms. The van der Waals surface area contributed by atoms with E-state index in [1.165, 1.54) is 0 Å². The average molecular weight is 279 g/mol. The minimum absolute atomic E-state index is 0.231. The normalized spacial score (nSPS) is 23.2. The fourth-order valence-corrected chi connectivity index (χ4v) is 2.20. The summed E-state index contributed by atoms with van der Waals surface area (Å²) in [5.41, 5.74) is 0.788. The van der Waals surface area contributed by atoms with Crippen LogP contribution in [0.5, 0.6) is 0 Å². The lowest BCUT2D eigenvalue weighted by Crippen LogP contribution is -2.39. The van der Waals surface area contributed by atoms with Gasteiger partial charge in [0.05, 0.1) is 12.6 Å². The van der Waals surface area contributed by atoms with E-state index in [1.54, 1.807) is 12.1 Å². The Bertz CT molecular complexity index is 476. The van der Waals surface area contributed by atoms with Crippen LogP contribution in [0.1, 0.15) is 24.4 Å². The van der Waals surface area contributed by atoms with Gasteiger partial charge in [-0.1, -0.05) is 30.3 Å². The largest absolute Gasteiger partial charge is 0.479 e. The van der Waals surface area contributed by atoms with Crippen molar-refractivity contribution in [3.8, 4) is 0 Å². The Morgan fingerprint density at radius 3 is 2.45 bits per heavy atom. The second kappa shape index (κ2) is 6.49. The Hall–Kier alpha value is -1.92. The molecule has 3 atom stereocenters. The molecule has 1 aliphatic heterocycles.